The van der Waals surface area contributed by atoms with Crippen molar-refractivity contribution in [2.24, 2.45) is 17.8 Å². The summed E-state index contributed by atoms with van der Waals surface area (Å²) in [6, 6.07) is 0. The van der Waals surface area contributed by atoms with E-state index in [1.54, 1.807) is 0 Å². The molecule has 0 spiro atoms. The second-order valence-electron chi connectivity index (χ2n) is 6.02. The summed E-state index contributed by atoms with van der Waals surface area (Å²) < 4.78 is 5.95. The molecular formula is C14H27NO. The Balaban J connectivity index is 1.80. The first kappa shape index (κ1) is 12.4. The molecule has 3 atom stereocenters. The molecule has 2 fully saturated rings. The van der Waals surface area contributed by atoms with E-state index in [4.69, 9.17) is 4.74 Å². The van der Waals surface area contributed by atoms with E-state index < -0.39 is 0 Å². The van der Waals surface area contributed by atoms with Crippen LogP contribution in [-0.4, -0.2) is 37.2 Å². The summed E-state index contributed by atoms with van der Waals surface area (Å²) in [7, 11) is 0. The zero-order valence-electron chi connectivity index (χ0n) is 11.1. The van der Waals surface area contributed by atoms with Crippen LogP contribution in [0.4, 0.5) is 0 Å². The van der Waals surface area contributed by atoms with Gasteiger partial charge in [-0.15, -0.1) is 0 Å². The summed E-state index contributed by atoms with van der Waals surface area (Å²) in [5.41, 5.74) is 0. The number of ether oxygens (including phenoxy) is 1. The van der Waals surface area contributed by atoms with Crippen LogP contribution in [-0.2, 0) is 4.74 Å². The fraction of sp³-hybridized carbons (Fsp3) is 1.00. The van der Waals surface area contributed by atoms with Crippen LogP contribution >= 0.6 is 0 Å². The van der Waals surface area contributed by atoms with Gasteiger partial charge in [-0.1, -0.05) is 20.8 Å². The highest BCUT2D eigenvalue weighted by atomic mass is 16.5. The highest BCUT2D eigenvalue weighted by Crippen LogP contribution is 2.27. The average molecular weight is 225 g/mol. The molecule has 3 unspecified atom stereocenters. The van der Waals surface area contributed by atoms with Crippen molar-refractivity contribution in [1.82, 2.24) is 4.90 Å². The van der Waals surface area contributed by atoms with Gasteiger partial charge in [0.2, 0.25) is 0 Å². The van der Waals surface area contributed by atoms with Gasteiger partial charge in [-0.3, -0.25) is 0 Å². The van der Waals surface area contributed by atoms with Gasteiger partial charge in [0.15, 0.2) is 0 Å². The number of hydrogen-bond donors (Lipinski definition) is 0. The molecule has 2 rings (SSSR count). The van der Waals surface area contributed by atoms with Crippen molar-refractivity contribution in [3.05, 3.63) is 0 Å². The van der Waals surface area contributed by atoms with Crippen molar-refractivity contribution in [3.63, 3.8) is 0 Å². The fourth-order valence-electron chi connectivity index (χ4n) is 2.90. The first-order chi connectivity index (χ1) is 7.66. The van der Waals surface area contributed by atoms with Crippen LogP contribution in [0.5, 0.6) is 0 Å². The zero-order chi connectivity index (χ0) is 11.5. The quantitative estimate of drug-likeness (QED) is 0.716. The van der Waals surface area contributed by atoms with E-state index in [1.165, 1.54) is 32.4 Å². The molecule has 2 saturated heterocycles. The first-order valence-corrected chi connectivity index (χ1v) is 7.00. The number of likely N-dealkylation sites (tertiary alicyclic amines) is 1. The van der Waals surface area contributed by atoms with Gasteiger partial charge in [-0.05, 0) is 50.1 Å². The molecule has 0 aromatic heterocycles. The lowest BCUT2D eigenvalue weighted by atomic mass is 9.85. The lowest BCUT2D eigenvalue weighted by Crippen LogP contribution is -2.45. The van der Waals surface area contributed by atoms with Gasteiger partial charge in [-0.2, -0.15) is 0 Å². The SMILES string of the molecule is CC1CCN(CC2OCCC(C)C2C)CC1. The smallest absolute Gasteiger partial charge is 0.0729 e. The molecular weight excluding hydrogens is 198 g/mol. The highest BCUT2D eigenvalue weighted by Gasteiger charge is 2.30. The van der Waals surface area contributed by atoms with E-state index in [0.717, 1.165) is 30.9 Å². The Morgan fingerprint density at radius 2 is 1.75 bits per heavy atom. The fourth-order valence-corrected chi connectivity index (χ4v) is 2.90. The molecule has 2 aliphatic rings. The molecule has 16 heavy (non-hydrogen) atoms. The first-order valence-electron chi connectivity index (χ1n) is 7.00. The minimum Gasteiger partial charge on any atom is -0.377 e. The van der Waals surface area contributed by atoms with Crippen LogP contribution in [0.2, 0.25) is 0 Å². The molecule has 2 nitrogen and oxygen atoms in total. The van der Waals surface area contributed by atoms with Gasteiger partial charge in [0, 0.05) is 13.2 Å². The van der Waals surface area contributed by atoms with Crippen molar-refractivity contribution in [1.29, 1.82) is 0 Å². The van der Waals surface area contributed by atoms with Gasteiger partial charge < -0.3 is 9.64 Å². The van der Waals surface area contributed by atoms with E-state index in [2.05, 4.69) is 25.7 Å². The third kappa shape index (κ3) is 2.98. The van der Waals surface area contributed by atoms with Gasteiger partial charge in [0.05, 0.1) is 6.10 Å². The van der Waals surface area contributed by atoms with Crippen LogP contribution < -0.4 is 0 Å². The summed E-state index contributed by atoms with van der Waals surface area (Å²) in [6.45, 7) is 11.8. The second-order valence-corrected chi connectivity index (χ2v) is 6.02. The molecule has 0 amide bonds. The van der Waals surface area contributed by atoms with E-state index >= 15 is 0 Å². The Kier molecular flexibility index (Phi) is 4.26. The number of nitrogens with zero attached hydrogens (tertiary/aromatic N) is 1. The Labute approximate surface area is 100 Å². The molecule has 0 radical (unpaired) electrons. The zero-order valence-corrected chi connectivity index (χ0v) is 11.1. The maximum absolute atomic E-state index is 5.95. The summed E-state index contributed by atoms with van der Waals surface area (Å²) in [5, 5.41) is 0. The summed E-state index contributed by atoms with van der Waals surface area (Å²) in [5.74, 6) is 2.50. The average Bonchev–Trinajstić information content (AvgIpc) is 2.28. The molecule has 0 aromatic rings. The van der Waals surface area contributed by atoms with Gasteiger partial charge in [0.1, 0.15) is 0 Å². The minimum atomic E-state index is 0.483. The highest BCUT2D eigenvalue weighted by molar-refractivity contribution is 4.80. The maximum Gasteiger partial charge on any atom is 0.0729 e. The number of piperidine rings is 1. The Morgan fingerprint density at radius 3 is 2.44 bits per heavy atom. The monoisotopic (exact) mass is 225 g/mol. The van der Waals surface area contributed by atoms with Crippen LogP contribution in [0.1, 0.15) is 40.0 Å². The maximum atomic E-state index is 5.95. The lowest BCUT2D eigenvalue weighted by molar-refractivity contribution is -0.0640. The van der Waals surface area contributed by atoms with Crippen molar-refractivity contribution in [2.75, 3.05) is 26.2 Å². The molecule has 2 heteroatoms. The van der Waals surface area contributed by atoms with E-state index in [9.17, 15) is 0 Å². The summed E-state index contributed by atoms with van der Waals surface area (Å²) in [4.78, 5) is 2.61. The molecule has 0 saturated carbocycles. The van der Waals surface area contributed by atoms with E-state index in [0.29, 0.717) is 6.10 Å². The molecule has 0 bridgehead atoms. The van der Waals surface area contributed by atoms with Crippen molar-refractivity contribution in [3.8, 4) is 0 Å². The standard InChI is InChI=1S/C14H27NO/c1-11-4-7-15(8-5-11)10-14-13(3)12(2)6-9-16-14/h11-14H,4-10H2,1-3H3. The molecule has 2 heterocycles. The van der Waals surface area contributed by atoms with Gasteiger partial charge in [0.25, 0.3) is 0 Å². The minimum absolute atomic E-state index is 0.483. The van der Waals surface area contributed by atoms with Crippen molar-refractivity contribution < 1.29 is 4.74 Å². The van der Waals surface area contributed by atoms with Gasteiger partial charge in [-0.25, -0.2) is 0 Å². The second kappa shape index (κ2) is 5.50. The summed E-state index contributed by atoms with van der Waals surface area (Å²) >= 11 is 0. The number of hydrogen-bond acceptors (Lipinski definition) is 2. The Bertz CT molecular complexity index is 211. The van der Waals surface area contributed by atoms with Gasteiger partial charge >= 0.3 is 0 Å². The van der Waals surface area contributed by atoms with Crippen molar-refractivity contribution >= 4 is 0 Å². The Hall–Kier alpha value is -0.0800. The van der Waals surface area contributed by atoms with Crippen molar-refractivity contribution in [2.45, 2.75) is 46.1 Å². The summed E-state index contributed by atoms with van der Waals surface area (Å²) in [6.07, 6.45) is 4.47. The van der Waals surface area contributed by atoms with Crippen LogP contribution in [0.3, 0.4) is 0 Å². The topological polar surface area (TPSA) is 12.5 Å². The molecule has 0 aliphatic carbocycles. The molecule has 2 aliphatic heterocycles. The predicted molar refractivity (Wildman–Crippen MR) is 67.5 cm³/mol. The van der Waals surface area contributed by atoms with E-state index in [-0.39, 0.29) is 0 Å². The molecule has 0 N–H and O–H groups in total. The third-order valence-electron chi connectivity index (χ3n) is 4.70. The third-order valence-corrected chi connectivity index (χ3v) is 4.70. The number of rotatable bonds is 2. The Morgan fingerprint density at radius 1 is 1.06 bits per heavy atom. The predicted octanol–water partition coefficient (Wildman–Crippen LogP) is 2.78. The lowest BCUT2D eigenvalue weighted by Gasteiger charge is -2.39. The normalized spacial score (nSPS) is 38.8. The van der Waals surface area contributed by atoms with Crippen LogP contribution in [0, 0.1) is 17.8 Å². The van der Waals surface area contributed by atoms with E-state index in [1.807, 2.05) is 0 Å². The molecule has 0 aromatic carbocycles. The van der Waals surface area contributed by atoms with Crippen LogP contribution in [0.15, 0.2) is 0 Å². The molecule has 94 valence electrons. The largest absolute Gasteiger partial charge is 0.377 e. The van der Waals surface area contributed by atoms with Crippen LogP contribution in [0.25, 0.3) is 0 Å².